The Morgan fingerprint density at radius 3 is 2.32 bits per heavy atom. The minimum atomic E-state index is -3.32. The third-order valence-electron chi connectivity index (χ3n) is 3.11. The van der Waals surface area contributed by atoms with Crippen molar-refractivity contribution in [3.05, 3.63) is 35.9 Å². The number of phosphoric ester groups is 1. The van der Waals surface area contributed by atoms with E-state index < -0.39 is 19.2 Å². The lowest BCUT2D eigenvalue weighted by atomic mass is 9.92. The summed E-state index contributed by atoms with van der Waals surface area (Å²) in [5.41, 5.74) is -0.0738. The first kappa shape index (κ1) is 12.8. The number of hydrogen-bond acceptors (Lipinski definition) is 6. The van der Waals surface area contributed by atoms with Gasteiger partial charge in [0.2, 0.25) is 0 Å². The second kappa shape index (κ2) is 4.72. The highest BCUT2D eigenvalue weighted by molar-refractivity contribution is 7.48. The number of ether oxygens (including phenoxy) is 1. The van der Waals surface area contributed by atoms with Crippen molar-refractivity contribution >= 4 is 13.8 Å². The first-order chi connectivity index (χ1) is 9.11. The van der Waals surface area contributed by atoms with Gasteiger partial charge in [0.1, 0.15) is 6.61 Å². The molecule has 4 rings (SSSR count). The SMILES string of the molecule is O=C(OCC12COP(=O)(OC1)OC2)c1ccccc1. The van der Waals surface area contributed by atoms with E-state index in [0.29, 0.717) is 5.56 Å². The summed E-state index contributed by atoms with van der Waals surface area (Å²) in [6.45, 7) is 0.756. The van der Waals surface area contributed by atoms with E-state index in [4.69, 9.17) is 18.3 Å². The molecule has 3 aliphatic rings. The maximum Gasteiger partial charge on any atom is 0.474 e. The second-order valence-corrected chi connectivity index (χ2v) is 6.38. The van der Waals surface area contributed by atoms with Gasteiger partial charge in [0.05, 0.1) is 30.8 Å². The van der Waals surface area contributed by atoms with Gasteiger partial charge in [-0.1, -0.05) is 18.2 Å². The van der Waals surface area contributed by atoms with Crippen molar-refractivity contribution in [3.63, 3.8) is 0 Å². The fraction of sp³-hybridized carbons (Fsp3) is 0.417. The molecular weight excluding hydrogens is 271 g/mol. The molecule has 0 spiro atoms. The van der Waals surface area contributed by atoms with Gasteiger partial charge >= 0.3 is 13.8 Å². The Kier molecular flexibility index (Phi) is 3.19. The molecule has 0 radical (unpaired) electrons. The van der Waals surface area contributed by atoms with Gasteiger partial charge in [-0.25, -0.2) is 9.36 Å². The Balaban J connectivity index is 1.61. The zero-order valence-corrected chi connectivity index (χ0v) is 11.0. The number of phosphoric acid groups is 1. The normalized spacial score (nSPS) is 33.1. The van der Waals surface area contributed by atoms with Crippen LogP contribution in [0.15, 0.2) is 30.3 Å². The van der Waals surface area contributed by atoms with Crippen molar-refractivity contribution in [3.8, 4) is 0 Å². The molecule has 3 saturated heterocycles. The van der Waals surface area contributed by atoms with Gasteiger partial charge in [-0.3, -0.25) is 13.6 Å². The van der Waals surface area contributed by atoms with Crippen LogP contribution in [0.2, 0.25) is 0 Å². The monoisotopic (exact) mass is 284 g/mol. The van der Waals surface area contributed by atoms with E-state index in [9.17, 15) is 9.36 Å². The number of hydrogen-bond donors (Lipinski definition) is 0. The lowest BCUT2D eigenvalue weighted by Crippen LogP contribution is -2.48. The molecule has 1 aromatic rings. The van der Waals surface area contributed by atoms with E-state index >= 15 is 0 Å². The third kappa shape index (κ3) is 2.58. The summed E-state index contributed by atoms with van der Waals surface area (Å²) in [6, 6.07) is 8.72. The van der Waals surface area contributed by atoms with Gasteiger partial charge in [-0.2, -0.15) is 0 Å². The summed E-state index contributed by atoms with van der Waals surface area (Å²) in [5, 5.41) is 0. The van der Waals surface area contributed by atoms with Crippen LogP contribution in [0.25, 0.3) is 0 Å². The van der Waals surface area contributed by atoms with Crippen molar-refractivity contribution in [2.75, 3.05) is 26.4 Å². The molecule has 1 aromatic carbocycles. The van der Waals surface area contributed by atoms with E-state index in [0.717, 1.165) is 0 Å². The Morgan fingerprint density at radius 2 is 1.74 bits per heavy atom. The summed E-state index contributed by atoms with van der Waals surface area (Å²) >= 11 is 0. The highest BCUT2D eigenvalue weighted by Gasteiger charge is 2.51. The van der Waals surface area contributed by atoms with E-state index in [1.807, 2.05) is 6.07 Å². The molecule has 3 aliphatic heterocycles. The highest BCUT2D eigenvalue weighted by Crippen LogP contribution is 2.59. The number of fused-ring (bicyclic) bond motifs is 3. The van der Waals surface area contributed by atoms with Crippen LogP contribution in [0, 0.1) is 5.41 Å². The van der Waals surface area contributed by atoms with E-state index in [2.05, 4.69) is 0 Å². The quantitative estimate of drug-likeness (QED) is 0.624. The topological polar surface area (TPSA) is 71.1 Å². The van der Waals surface area contributed by atoms with Crippen LogP contribution < -0.4 is 0 Å². The van der Waals surface area contributed by atoms with Crippen molar-refractivity contribution < 1.29 is 27.7 Å². The fourth-order valence-electron chi connectivity index (χ4n) is 1.89. The number of carbonyl (C=O) groups excluding carboxylic acids is 1. The van der Waals surface area contributed by atoms with Gasteiger partial charge in [-0.15, -0.1) is 0 Å². The number of benzene rings is 1. The summed E-state index contributed by atoms with van der Waals surface area (Å²) in [6.07, 6.45) is 0. The molecule has 0 aromatic heterocycles. The molecule has 0 saturated carbocycles. The standard InChI is InChI=1S/C12H13O6P/c13-11(10-4-2-1-3-5-10)15-6-12-7-16-19(14,17-8-12)18-9-12/h1-5H,6-9H2. The third-order valence-corrected chi connectivity index (χ3v) is 4.44. The van der Waals surface area contributed by atoms with Crippen LogP contribution in [0.4, 0.5) is 0 Å². The van der Waals surface area contributed by atoms with Gasteiger partial charge in [0.15, 0.2) is 0 Å². The first-order valence-corrected chi connectivity index (χ1v) is 7.33. The Labute approximate surface area is 110 Å². The molecule has 19 heavy (non-hydrogen) atoms. The molecule has 2 bridgehead atoms. The van der Waals surface area contributed by atoms with Gasteiger partial charge in [-0.05, 0) is 12.1 Å². The number of rotatable bonds is 3. The van der Waals surface area contributed by atoms with Crippen LogP contribution in [0.3, 0.4) is 0 Å². The summed E-state index contributed by atoms with van der Waals surface area (Å²) < 4.78 is 31.9. The number of esters is 1. The maximum absolute atomic E-state index is 11.8. The van der Waals surface area contributed by atoms with Gasteiger partial charge < -0.3 is 4.74 Å². The molecule has 0 aliphatic carbocycles. The smallest absolute Gasteiger partial charge is 0.461 e. The van der Waals surface area contributed by atoms with Gasteiger partial charge in [0.25, 0.3) is 0 Å². The minimum absolute atomic E-state index is 0.112. The zero-order chi connectivity index (χ0) is 13.3. The average molecular weight is 284 g/mol. The molecule has 0 unspecified atom stereocenters. The zero-order valence-electron chi connectivity index (χ0n) is 10.1. The summed E-state index contributed by atoms with van der Waals surface area (Å²) in [7, 11) is -3.32. The van der Waals surface area contributed by atoms with Crippen LogP contribution in [0.5, 0.6) is 0 Å². The molecule has 3 heterocycles. The predicted octanol–water partition coefficient (Wildman–Crippen LogP) is 2.01. The summed E-state index contributed by atoms with van der Waals surface area (Å²) in [4.78, 5) is 11.8. The number of carbonyl (C=O) groups is 1. The van der Waals surface area contributed by atoms with Crippen LogP contribution in [-0.4, -0.2) is 32.4 Å². The maximum atomic E-state index is 11.8. The average Bonchev–Trinajstić information content (AvgIpc) is 2.47. The van der Waals surface area contributed by atoms with Gasteiger partial charge in [0, 0.05) is 0 Å². The van der Waals surface area contributed by atoms with Crippen molar-refractivity contribution in [1.82, 2.24) is 0 Å². The molecular formula is C12H13O6P. The van der Waals surface area contributed by atoms with Crippen LogP contribution >= 0.6 is 7.82 Å². The molecule has 3 fully saturated rings. The minimum Gasteiger partial charge on any atom is -0.461 e. The fourth-order valence-corrected chi connectivity index (χ4v) is 3.41. The molecule has 0 N–H and O–H groups in total. The largest absolute Gasteiger partial charge is 0.474 e. The van der Waals surface area contributed by atoms with Crippen molar-refractivity contribution in [2.24, 2.45) is 5.41 Å². The Morgan fingerprint density at radius 1 is 1.16 bits per heavy atom. The van der Waals surface area contributed by atoms with E-state index in [1.54, 1.807) is 24.3 Å². The second-order valence-electron chi connectivity index (χ2n) is 4.71. The van der Waals surface area contributed by atoms with Crippen LogP contribution in [0.1, 0.15) is 10.4 Å². The summed E-state index contributed by atoms with van der Waals surface area (Å²) in [5.74, 6) is -0.408. The predicted molar refractivity (Wildman–Crippen MR) is 64.6 cm³/mol. The Hall–Kier alpha value is -1.20. The molecule has 7 heteroatoms. The first-order valence-electron chi connectivity index (χ1n) is 5.87. The van der Waals surface area contributed by atoms with E-state index in [1.165, 1.54) is 0 Å². The molecule has 102 valence electrons. The molecule has 0 atom stereocenters. The van der Waals surface area contributed by atoms with E-state index in [-0.39, 0.29) is 26.4 Å². The van der Waals surface area contributed by atoms with Crippen molar-refractivity contribution in [1.29, 1.82) is 0 Å². The lowest BCUT2D eigenvalue weighted by molar-refractivity contribution is -0.116. The van der Waals surface area contributed by atoms with Crippen LogP contribution in [-0.2, 0) is 22.9 Å². The van der Waals surface area contributed by atoms with Crippen molar-refractivity contribution in [2.45, 2.75) is 0 Å². The molecule has 0 amide bonds. The molecule has 6 nitrogen and oxygen atoms in total. The highest BCUT2D eigenvalue weighted by atomic mass is 31.2. The Bertz CT molecular complexity index is 497. The lowest BCUT2D eigenvalue weighted by Gasteiger charge is -2.43.